The average Bonchev–Trinajstić information content (AvgIpc) is 2.59. The van der Waals surface area contributed by atoms with E-state index in [1.54, 1.807) is 0 Å². The second-order valence-corrected chi connectivity index (χ2v) is 7.65. The van der Waals surface area contributed by atoms with Crippen molar-refractivity contribution in [3.63, 3.8) is 0 Å². The lowest BCUT2D eigenvalue weighted by Gasteiger charge is -2.38. The Bertz CT molecular complexity index is 507. The highest BCUT2D eigenvalue weighted by Gasteiger charge is 2.34. The Labute approximate surface area is 175 Å². The average molecular weight is 528 g/mol. The van der Waals surface area contributed by atoms with Crippen molar-refractivity contribution in [1.29, 1.82) is 0 Å². The number of guanidine groups is 1. The van der Waals surface area contributed by atoms with Crippen LogP contribution in [0.15, 0.2) is 33.7 Å². The number of halogens is 2. The van der Waals surface area contributed by atoms with Crippen LogP contribution in [0.4, 0.5) is 0 Å². The molecule has 1 saturated heterocycles. The van der Waals surface area contributed by atoms with Gasteiger partial charge in [0, 0.05) is 49.0 Å². The lowest BCUT2D eigenvalue weighted by atomic mass is 9.74. The summed E-state index contributed by atoms with van der Waals surface area (Å²) >= 11 is 5.36. The molecule has 0 unspecified atom stereocenters. The minimum absolute atomic E-state index is 0. The van der Waals surface area contributed by atoms with E-state index in [0.29, 0.717) is 0 Å². The van der Waals surface area contributed by atoms with Crippen LogP contribution in [-0.2, 0) is 10.2 Å². The number of hydrogen-bond acceptors (Lipinski definition) is 3. The monoisotopic (exact) mass is 527 g/mol. The van der Waals surface area contributed by atoms with Crippen LogP contribution in [0.1, 0.15) is 18.4 Å². The third-order valence-corrected chi connectivity index (χ3v) is 5.46. The lowest BCUT2D eigenvalue weighted by Crippen LogP contribution is -2.48. The molecule has 2 rings (SSSR count). The van der Waals surface area contributed by atoms with Gasteiger partial charge in [-0.05, 0) is 36.8 Å². The minimum Gasteiger partial charge on any atom is -0.381 e. The summed E-state index contributed by atoms with van der Waals surface area (Å²) in [6, 6.07) is 8.69. The third-order valence-electron chi connectivity index (χ3n) is 4.32. The number of thioether (sulfide) groups is 1. The number of benzene rings is 1. The molecule has 136 valence electrons. The maximum absolute atomic E-state index is 5.60. The van der Waals surface area contributed by atoms with Gasteiger partial charge in [-0.2, -0.15) is 11.8 Å². The Morgan fingerprint density at radius 2 is 1.92 bits per heavy atom. The predicted octanol–water partition coefficient (Wildman–Crippen LogP) is 3.64. The molecule has 0 spiro atoms. The van der Waals surface area contributed by atoms with Gasteiger partial charge in [-0.25, -0.2) is 0 Å². The molecule has 0 radical (unpaired) electrons. The van der Waals surface area contributed by atoms with Gasteiger partial charge in [0.2, 0.25) is 0 Å². The number of nitrogens with zero attached hydrogens (tertiary/aromatic N) is 1. The molecule has 0 atom stereocenters. The zero-order valence-corrected chi connectivity index (χ0v) is 19.0. The summed E-state index contributed by atoms with van der Waals surface area (Å²) in [6.07, 6.45) is 4.18. The highest BCUT2D eigenvalue weighted by atomic mass is 127. The topological polar surface area (TPSA) is 45.7 Å². The summed E-state index contributed by atoms with van der Waals surface area (Å²) in [7, 11) is 1.82. The normalized spacial score (nSPS) is 17.0. The highest BCUT2D eigenvalue weighted by molar-refractivity contribution is 14.0. The molecule has 0 saturated carbocycles. The van der Waals surface area contributed by atoms with E-state index in [1.165, 1.54) is 5.56 Å². The Balaban J connectivity index is 0.00000288. The summed E-state index contributed by atoms with van der Waals surface area (Å²) in [5.74, 6) is 1.95. The van der Waals surface area contributed by atoms with Crippen molar-refractivity contribution < 1.29 is 4.74 Å². The first-order chi connectivity index (χ1) is 11.2. The van der Waals surface area contributed by atoms with Crippen LogP contribution >= 0.6 is 51.7 Å². The van der Waals surface area contributed by atoms with Crippen LogP contribution in [0, 0.1) is 0 Å². The molecule has 0 aromatic heterocycles. The number of ether oxygens (including phenoxy) is 1. The summed E-state index contributed by atoms with van der Waals surface area (Å²) < 4.78 is 6.71. The Morgan fingerprint density at radius 3 is 2.50 bits per heavy atom. The quantitative estimate of drug-likeness (QED) is 0.256. The fraction of sp³-hybridized carbons (Fsp3) is 0.588. The van der Waals surface area contributed by atoms with Crippen molar-refractivity contribution in [3.8, 4) is 0 Å². The van der Waals surface area contributed by atoms with Crippen LogP contribution in [0.5, 0.6) is 0 Å². The van der Waals surface area contributed by atoms with Crippen molar-refractivity contribution in [2.24, 2.45) is 4.99 Å². The number of nitrogens with one attached hydrogen (secondary N) is 2. The molecule has 0 aliphatic carbocycles. The van der Waals surface area contributed by atoms with Gasteiger partial charge in [0.25, 0.3) is 0 Å². The zero-order chi connectivity index (χ0) is 16.5. The largest absolute Gasteiger partial charge is 0.381 e. The molecule has 4 nitrogen and oxygen atoms in total. The van der Waals surface area contributed by atoms with E-state index in [0.717, 1.165) is 55.3 Å². The van der Waals surface area contributed by atoms with Crippen molar-refractivity contribution >= 4 is 57.6 Å². The molecule has 1 aliphatic rings. The molecule has 2 N–H and O–H groups in total. The molecule has 1 aromatic carbocycles. The fourth-order valence-corrected chi connectivity index (χ4v) is 3.45. The molecular weight excluding hydrogens is 501 g/mol. The first-order valence-electron chi connectivity index (χ1n) is 7.97. The highest BCUT2D eigenvalue weighted by Crippen LogP contribution is 2.34. The maximum atomic E-state index is 5.60. The van der Waals surface area contributed by atoms with Gasteiger partial charge in [0.05, 0.1) is 0 Å². The second-order valence-electron chi connectivity index (χ2n) is 5.74. The lowest BCUT2D eigenvalue weighted by molar-refractivity contribution is 0.0514. The standard InChI is InChI=1S/C17H26BrN3OS.HI/c1-19-16(20-9-12-23-2)21-13-17(7-10-22-11-8-17)14-3-5-15(18)6-4-14;/h3-6H,7-13H2,1-2H3,(H2,19,20,21);1H. The van der Waals surface area contributed by atoms with Crippen LogP contribution < -0.4 is 10.6 Å². The molecule has 1 aliphatic heterocycles. The smallest absolute Gasteiger partial charge is 0.191 e. The van der Waals surface area contributed by atoms with Crippen molar-refractivity contribution in [2.75, 3.05) is 45.4 Å². The van der Waals surface area contributed by atoms with E-state index < -0.39 is 0 Å². The zero-order valence-electron chi connectivity index (χ0n) is 14.3. The Kier molecular flexibility index (Phi) is 10.7. The van der Waals surface area contributed by atoms with Gasteiger partial charge in [-0.15, -0.1) is 24.0 Å². The summed E-state index contributed by atoms with van der Waals surface area (Å²) in [5, 5.41) is 6.88. The van der Waals surface area contributed by atoms with Crippen molar-refractivity contribution in [2.45, 2.75) is 18.3 Å². The first-order valence-corrected chi connectivity index (χ1v) is 10.2. The molecule has 1 heterocycles. The third kappa shape index (κ3) is 6.38. The molecular formula is C17H27BrIN3OS. The van der Waals surface area contributed by atoms with Gasteiger partial charge in [-0.1, -0.05) is 28.1 Å². The van der Waals surface area contributed by atoms with E-state index in [9.17, 15) is 0 Å². The van der Waals surface area contributed by atoms with Gasteiger partial charge in [0.15, 0.2) is 5.96 Å². The van der Waals surface area contributed by atoms with Gasteiger partial charge in [-0.3, -0.25) is 4.99 Å². The van der Waals surface area contributed by atoms with Crippen LogP contribution in [0.3, 0.4) is 0 Å². The molecule has 7 heteroatoms. The Morgan fingerprint density at radius 1 is 1.25 bits per heavy atom. The number of rotatable bonds is 6. The van der Waals surface area contributed by atoms with Crippen LogP contribution in [0.2, 0.25) is 0 Å². The van der Waals surface area contributed by atoms with Crippen molar-refractivity contribution in [1.82, 2.24) is 10.6 Å². The minimum atomic E-state index is 0. The van der Waals surface area contributed by atoms with E-state index in [1.807, 2.05) is 18.8 Å². The summed E-state index contributed by atoms with van der Waals surface area (Å²) in [5.41, 5.74) is 1.48. The summed E-state index contributed by atoms with van der Waals surface area (Å²) in [4.78, 5) is 4.33. The molecule has 1 aromatic rings. The fourth-order valence-electron chi connectivity index (χ4n) is 2.88. The van der Waals surface area contributed by atoms with Gasteiger partial charge >= 0.3 is 0 Å². The molecule has 1 fully saturated rings. The second kappa shape index (κ2) is 11.6. The van der Waals surface area contributed by atoms with E-state index in [4.69, 9.17) is 4.74 Å². The van der Waals surface area contributed by atoms with Crippen LogP contribution in [0.25, 0.3) is 0 Å². The number of aliphatic imine (C=N–C) groups is 1. The Hall–Kier alpha value is 0.01000. The molecule has 0 amide bonds. The van der Waals surface area contributed by atoms with E-state index >= 15 is 0 Å². The molecule has 24 heavy (non-hydrogen) atoms. The van der Waals surface area contributed by atoms with Crippen molar-refractivity contribution in [3.05, 3.63) is 34.3 Å². The molecule has 0 bridgehead atoms. The van der Waals surface area contributed by atoms with E-state index in [-0.39, 0.29) is 29.4 Å². The predicted molar refractivity (Wildman–Crippen MR) is 119 cm³/mol. The van der Waals surface area contributed by atoms with Gasteiger partial charge in [0.1, 0.15) is 0 Å². The summed E-state index contributed by atoms with van der Waals surface area (Å²) in [6.45, 7) is 3.43. The van der Waals surface area contributed by atoms with Gasteiger partial charge < -0.3 is 15.4 Å². The number of hydrogen-bond donors (Lipinski definition) is 2. The van der Waals surface area contributed by atoms with E-state index in [2.05, 4.69) is 62.1 Å². The van der Waals surface area contributed by atoms with Crippen LogP contribution in [-0.4, -0.2) is 51.3 Å². The first kappa shape index (κ1) is 22.1. The maximum Gasteiger partial charge on any atom is 0.191 e. The SMILES string of the molecule is CN=C(NCCSC)NCC1(c2ccc(Br)cc2)CCOCC1.I.